The van der Waals surface area contributed by atoms with Crippen molar-refractivity contribution in [1.29, 1.82) is 0 Å². The SMILES string of the molecule is COc1ccc(-c2nnc3ccc(SCc4c(F)cccc4Cl)nn23)cc1. The molecule has 0 amide bonds. The van der Waals surface area contributed by atoms with E-state index in [0.717, 1.165) is 16.3 Å². The van der Waals surface area contributed by atoms with Gasteiger partial charge in [0.2, 0.25) is 0 Å². The number of ether oxygens (including phenoxy) is 1. The van der Waals surface area contributed by atoms with Crippen LogP contribution in [0.3, 0.4) is 0 Å². The Labute approximate surface area is 164 Å². The van der Waals surface area contributed by atoms with E-state index < -0.39 is 0 Å². The first-order valence-corrected chi connectivity index (χ1v) is 9.44. The lowest BCUT2D eigenvalue weighted by atomic mass is 10.2. The number of aromatic nitrogens is 4. The van der Waals surface area contributed by atoms with Crippen molar-refractivity contribution in [3.05, 3.63) is 71.0 Å². The molecule has 0 aliphatic rings. The van der Waals surface area contributed by atoms with Gasteiger partial charge in [-0.05, 0) is 48.5 Å². The van der Waals surface area contributed by atoms with Gasteiger partial charge < -0.3 is 4.74 Å². The van der Waals surface area contributed by atoms with Crippen molar-refractivity contribution in [3.63, 3.8) is 0 Å². The Morgan fingerprint density at radius 3 is 2.63 bits per heavy atom. The van der Waals surface area contributed by atoms with Crippen LogP contribution in [0.4, 0.5) is 4.39 Å². The third-order valence-electron chi connectivity index (χ3n) is 4.01. The number of rotatable bonds is 5. The van der Waals surface area contributed by atoms with Crippen LogP contribution in [0.2, 0.25) is 5.02 Å². The number of halogens is 2. The molecule has 0 bridgehead atoms. The predicted molar refractivity (Wildman–Crippen MR) is 104 cm³/mol. The van der Waals surface area contributed by atoms with E-state index in [-0.39, 0.29) is 5.82 Å². The normalized spacial score (nSPS) is 11.1. The second-order valence-corrected chi connectivity index (χ2v) is 7.09. The van der Waals surface area contributed by atoms with Gasteiger partial charge in [-0.1, -0.05) is 29.4 Å². The van der Waals surface area contributed by atoms with Gasteiger partial charge in [0.15, 0.2) is 11.5 Å². The molecule has 0 fully saturated rings. The molecule has 27 heavy (non-hydrogen) atoms. The van der Waals surface area contributed by atoms with Gasteiger partial charge in [-0.15, -0.1) is 10.2 Å². The molecule has 0 radical (unpaired) electrons. The fraction of sp³-hybridized carbons (Fsp3) is 0.105. The van der Waals surface area contributed by atoms with E-state index in [1.807, 2.05) is 36.4 Å². The molecule has 2 heterocycles. The molecule has 0 aliphatic carbocycles. The van der Waals surface area contributed by atoms with Crippen LogP contribution in [-0.4, -0.2) is 26.9 Å². The maximum absolute atomic E-state index is 14.0. The lowest BCUT2D eigenvalue weighted by Gasteiger charge is -2.06. The number of hydrogen-bond donors (Lipinski definition) is 0. The molecular formula is C19H14ClFN4OS. The summed E-state index contributed by atoms with van der Waals surface area (Å²) in [7, 11) is 1.62. The number of thioether (sulfide) groups is 1. The zero-order valence-corrected chi connectivity index (χ0v) is 15.8. The molecule has 4 aromatic rings. The Kier molecular flexibility index (Phi) is 4.96. The maximum Gasteiger partial charge on any atom is 0.185 e. The number of methoxy groups -OCH3 is 1. The standard InChI is InChI=1S/C19H14ClFN4OS/c1-26-13-7-5-12(6-8-13)19-23-22-17-9-10-18(24-25(17)19)27-11-14-15(20)3-2-4-16(14)21/h2-10H,11H2,1H3. The summed E-state index contributed by atoms with van der Waals surface area (Å²) in [5, 5.41) is 14.1. The summed E-state index contributed by atoms with van der Waals surface area (Å²) < 4.78 is 20.8. The molecule has 0 N–H and O–H groups in total. The second kappa shape index (κ2) is 7.54. The van der Waals surface area contributed by atoms with E-state index >= 15 is 0 Å². The molecule has 8 heteroatoms. The van der Waals surface area contributed by atoms with E-state index in [1.165, 1.54) is 17.8 Å². The van der Waals surface area contributed by atoms with Crippen molar-refractivity contribution < 1.29 is 9.13 Å². The lowest BCUT2D eigenvalue weighted by Crippen LogP contribution is -1.97. The van der Waals surface area contributed by atoms with Crippen molar-refractivity contribution in [1.82, 2.24) is 19.8 Å². The molecule has 0 saturated carbocycles. The third kappa shape index (κ3) is 3.61. The van der Waals surface area contributed by atoms with Gasteiger partial charge in [-0.2, -0.15) is 9.61 Å². The average molecular weight is 401 g/mol. The van der Waals surface area contributed by atoms with E-state index in [0.29, 0.717) is 27.8 Å². The number of nitrogens with zero attached hydrogens (tertiary/aromatic N) is 4. The highest BCUT2D eigenvalue weighted by Crippen LogP contribution is 2.28. The Hall–Kier alpha value is -2.64. The van der Waals surface area contributed by atoms with Crippen LogP contribution in [0.15, 0.2) is 59.6 Å². The van der Waals surface area contributed by atoms with Gasteiger partial charge in [-0.25, -0.2) is 4.39 Å². The van der Waals surface area contributed by atoms with Gasteiger partial charge in [0, 0.05) is 21.9 Å². The molecular weight excluding hydrogens is 387 g/mol. The van der Waals surface area contributed by atoms with Gasteiger partial charge in [0.25, 0.3) is 0 Å². The molecule has 0 unspecified atom stereocenters. The topological polar surface area (TPSA) is 52.3 Å². The minimum Gasteiger partial charge on any atom is -0.497 e. The highest BCUT2D eigenvalue weighted by atomic mass is 35.5. The molecule has 0 aliphatic heterocycles. The second-order valence-electron chi connectivity index (χ2n) is 5.68. The quantitative estimate of drug-likeness (QED) is 0.447. The summed E-state index contributed by atoms with van der Waals surface area (Å²) in [6, 6.07) is 15.9. The molecule has 0 saturated heterocycles. The number of fused-ring (bicyclic) bond motifs is 1. The van der Waals surface area contributed by atoms with Crippen LogP contribution >= 0.6 is 23.4 Å². The fourth-order valence-electron chi connectivity index (χ4n) is 2.59. The summed E-state index contributed by atoms with van der Waals surface area (Å²) >= 11 is 7.49. The Bertz CT molecular complexity index is 1080. The van der Waals surface area contributed by atoms with Crippen LogP contribution < -0.4 is 4.74 Å². The van der Waals surface area contributed by atoms with E-state index in [1.54, 1.807) is 23.8 Å². The van der Waals surface area contributed by atoms with E-state index in [4.69, 9.17) is 16.3 Å². The molecule has 2 aromatic carbocycles. The van der Waals surface area contributed by atoms with Gasteiger partial charge in [-0.3, -0.25) is 0 Å². The zero-order chi connectivity index (χ0) is 18.8. The van der Waals surface area contributed by atoms with Crippen molar-refractivity contribution >= 4 is 29.0 Å². The summed E-state index contributed by atoms with van der Waals surface area (Å²) in [5.41, 5.74) is 1.97. The minimum absolute atomic E-state index is 0.320. The minimum atomic E-state index is -0.320. The first-order valence-electron chi connectivity index (χ1n) is 8.08. The van der Waals surface area contributed by atoms with Crippen molar-refractivity contribution in [3.8, 4) is 17.1 Å². The third-order valence-corrected chi connectivity index (χ3v) is 5.31. The smallest absolute Gasteiger partial charge is 0.185 e. The number of benzene rings is 2. The van der Waals surface area contributed by atoms with E-state index in [2.05, 4.69) is 15.3 Å². The lowest BCUT2D eigenvalue weighted by molar-refractivity contribution is 0.415. The average Bonchev–Trinajstić information content (AvgIpc) is 3.11. The van der Waals surface area contributed by atoms with Crippen LogP contribution in [0, 0.1) is 5.82 Å². The molecule has 0 spiro atoms. The summed E-state index contributed by atoms with van der Waals surface area (Å²) in [4.78, 5) is 0. The zero-order valence-electron chi connectivity index (χ0n) is 14.3. The molecule has 136 valence electrons. The van der Waals surface area contributed by atoms with Crippen LogP contribution in [-0.2, 0) is 5.75 Å². The fourth-order valence-corrected chi connectivity index (χ4v) is 3.78. The summed E-state index contributed by atoms with van der Waals surface area (Å²) in [6.07, 6.45) is 0. The Morgan fingerprint density at radius 2 is 1.89 bits per heavy atom. The highest BCUT2D eigenvalue weighted by Gasteiger charge is 2.12. The molecule has 0 atom stereocenters. The summed E-state index contributed by atoms with van der Waals surface area (Å²) in [6.45, 7) is 0. The van der Waals surface area contributed by atoms with Crippen LogP contribution in [0.5, 0.6) is 5.75 Å². The van der Waals surface area contributed by atoms with Crippen molar-refractivity contribution in [2.24, 2.45) is 0 Å². The predicted octanol–water partition coefficient (Wildman–Crippen LogP) is 4.88. The largest absolute Gasteiger partial charge is 0.497 e. The van der Waals surface area contributed by atoms with Gasteiger partial charge in [0.05, 0.1) is 7.11 Å². The molecule has 4 rings (SSSR count). The Morgan fingerprint density at radius 1 is 1.07 bits per heavy atom. The maximum atomic E-state index is 14.0. The van der Waals surface area contributed by atoms with Gasteiger partial charge in [0.1, 0.15) is 16.6 Å². The highest BCUT2D eigenvalue weighted by molar-refractivity contribution is 7.98. The monoisotopic (exact) mass is 400 g/mol. The van der Waals surface area contributed by atoms with Crippen molar-refractivity contribution in [2.45, 2.75) is 10.8 Å². The molecule has 2 aromatic heterocycles. The Balaban J connectivity index is 1.63. The van der Waals surface area contributed by atoms with Crippen LogP contribution in [0.1, 0.15) is 5.56 Å². The number of hydrogen-bond acceptors (Lipinski definition) is 5. The first-order chi connectivity index (χ1) is 13.2. The van der Waals surface area contributed by atoms with Crippen molar-refractivity contribution in [2.75, 3.05) is 7.11 Å². The summed E-state index contributed by atoms with van der Waals surface area (Å²) in [5.74, 6) is 1.45. The molecule has 5 nitrogen and oxygen atoms in total. The van der Waals surface area contributed by atoms with E-state index in [9.17, 15) is 4.39 Å². The first kappa shape index (κ1) is 17.8. The van der Waals surface area contributed by atoms with Gasteiger partial charge >= 0.3 is 0 Å². The van der Waals surface area contributed by atoms with Crippen LogP contribution in [0.25, 0.3) is 17.0 Å².